The highest BCUT2D eigenvalue weighted by atomic mass is 32.1. The zero-order valence-electron chi connectivity index (χ0n) is 14.0. The summed E-state index contributed by atoms with van der Waals surface area (Å²) >= 11 is 1.46. The number of rotatable bonds is 4. The van der Waals surface area contributed by atoms with Gasteiger partial charge in [0.2, 0.25) is 0 Å². The highest BCUT2D eigenvalue weighted by Crippen LogP contribution is 2.33. The van der Waals surface area contributed by atoms with E-state index in [1.807, 2.05) is 6.07 Å². The number of hydrogen-bond donors (Lipinski definition) is 1. The molecule has 3 rings (SSSR count). The molecule has 2 atom stereocenters. The van der Waals surface area contributed by atoms with Gasteiger partial charge in [0.15, 0.2) is 6.10 Å². The molecule has 1 saturated heterocycles. The molecule has 0 aromatic carbocycles. The molecule has 0 saturated carbocycles. The minimum Gasteiger partial charge on any atom is -0.448 e. The maximum absolute atomic E-state index is 12.3. The van der Waals surface area contributed by atoms with Gasteiger partial charge in [-0.1, -0.05) is 13.3 Å². The zero-order valence-corrected chi connectivity index (χ0v) is 14.8. The zero-order chi connectivity index (χ0) is 17.3. The van der Waals surface area contributed by atoms with Gasteiger partial charge in [-0.15, -0.1) is 11.3 Å². The Kier molecular flexibility index (Phi) is 4.89. The minimum atomic E-state index is -0.969. The van der Waals surface area contributed by atoms with Crippen LogP contribution in [0, 0.1) is 5.92 Å². The maximum Gasteiger partial charge on any atom is 0.349 e. The first kappa shape index (κ1) is 17.0. The van der Waals surface area contributed by atoms with E-state index in [9.17, 15) is 14.4 Å². The fourth-order valence-corrected chi connectivity index (χ4v) is 4.31. The molecule has 3 amide bonds. The summed E-state index contributed by atoms with van der Waals surface area (Å²) in [5.41, 5.74) is 1.24. The number of fused-ring (bicyclic) bond motifs is 1. The first-order chi connectivity index (χ1) is 11.5. The third-order valence-corrected chi connectivity index (χ3v) is 5.93. The number of carbonyl (C=O) groups is 3. The second-order valence-corrected chi connectivity index (χ2v) is 7.48. The van der Waals surface area contributed by atoms with Gasteiger partial charge in [-0.25, -0.2) is 9.59 Å². The van der Waals surface area contributed by atoms with E-state index in [1.54, 1.807) is 0 Å². The monoisotopic (exact) mass is 350 g/mol. The molecule has 2 aliphatic rings. The predicted molar refractivity (Wildman–Crippen MR) is 90.1 cm³/mol. The largest absolute Gasteiger partial charge is 0.448 e. The van der Waals surface area contributed by atoms with Gasteiger partial charge in [-0.3, -0.25) is 9.69 Å². The average Bonchev–Trinajstić information content (AvgIpc) is 3.19. The summed E-state index contributed by atoms with van der Waals surface area (Å²) < 4.78 is 5.29. The summed E-state index contributed by atoms with van der Waals surface area (Å²) in [6.45, 7) is 4.44. The normalized spacial score (nSPS) is 21.2. The fourth-order valence-electron chi connectivity index (χ4n) is 3.22. The van der Waals surface area contributed by atoms with Crippen LogP contribution in [0.3, 0.4) is 0 Å². The van der Waals surface area contributed by atoms with E-state index in [2.05, 4.69) is 12.2 Å². The molecule has 7 heteroatoms. The van der Waals surface area contributed by atoms with E-state index in [0.29, 0.717) is 23.9 Å². The fraction of sp³-hybridized carbons (Fsp3) is 0.588. The number of nitrogens with zero attached hydrogens (tertiary/aromatic N) is 1. The Morgan fingerprint density at radius 2 is 2.29 bits per heavy atom. The van der Waals surface area contributed by atoms with Gasteiger partial charge in [-0.2, -0.15) is 0 Å². The summed E-state index contributed by atoms with van der Waals surface area (Å²) in [6, 6.07) is 1.48. The standard InChI is InChI=1S/C17H22N2O4S/c1-3-11-4-5-13-12(8-11)9-14(24-13)16(21)23-10(2)15(20)19-7-6-18-17(19)22/h9-11H,3-8H2,1-2H3,(H,18,22)/t10-,11-/m0/s1. The van der Waals surface area contributed by atoms with E-state index in [-0.39, 0.29) is 0 Å². The number of urea groups is 1. The SMILES string of the molecule is CC[C@H]1CCc2sc(C(=O)O[C@@H](C)C(=O)N3CCNC3=O)cc2C1. The number of thiophene rings is 1. The summed E-state index contributed by atoms with van der Waals surface area (Å²) in [6.07, 6.45) is 3.37. The summed E-state index contributed by atoms with van der Waals surface area (Å²) in [5, 5.41) is 2.56. The van der Waals surface area contributed by atoms with Crippen LogP contribution in [0.4, 0.5) is 4.79 Å². The third-order valence-electron chi connectivity index (χ3n) is 4.72. The number of carbonyl (C=O) groups excluding carboxylic acids is 3. The van der Waals surface area contributed by atoms with Crippen LogP contribution >= 0.6 is 11.3 Å². The summed E-state index contributed by atoms with van der Waals surface area (Å²) in [7, 11) is 0. The van der Waals surface area contributed by atoms with Crippen LogP contribution in [0.2, 0.25) is 0 Å². The lowest BCUT2D eigenvalue weighted by atomic mass is 9.87. The molecular weight excluding hydrogens is 328 g/mol. The highest BCUT2D eigenvalue weighted by molar-refractivity contribution is 7.14. The first-order valence-electron chi connectivity index (χ1n) is 8.41. The number of esters is 1. The van der Waals surface area contributed by atoms with E-state index in [4.69, 9.17) is 4.74 Å². The Labute approximate surface area is 145 Å². The second-order valence-electron chi connectivity index (χ2n) is 6.35. The predicted octanol–water partition coefficient (Wildman–Crippen LogP) is 2.36. The molecule has 1 fully saturated rings. The van der Waals surface area contributed by atoms with Gasteiger partial charge in [0.1, 0.15) is 4.88 Å². The molecule has 1 N–H and O–H groups in total. The Balaban J connectivity index is 1.64. The van der Waals surface area contributed by atoms with E-state index in [0.717, 1.165) is 30.6 Å². The Bertz CT molecular complexity index is 670. The molecule has 1 aromatic rings. The van der Waals surface area contributed by atoms with Gasteiger partial charge in [0.05, 0.1) is 0 Å². The van der Waals surface area contributed by atoms with Crippen molar-refractivity contribution < 1.29 is 19.1 Å². The van der Waals surface area contributed by atoms with Crippen molar-refractivity contribution >= 4 is 29.2 Å². The van der Waals surface area contributed by atoms with E-state index < -0.39 is 24.0 Å². The lowest BCUT2D eigenvalue weighted by molar-refractivity contribution is -0.135. The van der Waals surface area contributed by atoms with Crippen LogP contribution in [0.25, 0.3) is 0 Å². The number of amides is 3. The number of hydrogen-bond acceptors (Lipinski definition) is 5. The molecule has 130 valence electrons. The number of aryl methyl sites for hydroxylation is 1. The van der Waals surface area contributed by atoms with Gasteiger partial charge >= 0.3 is 12.0 Å². The number of ether oxygens (including phenoxy) is 1. The lowest BCUT2D eigenvalue weighted by Crippen LogP contribution is -2.41. The molecule has 0 radical (unpaired) electrons. The number of nitrogens with one attached hydrogen (secondary N) is 1. The molecule has 0 unspecified atom stereocenters. The molecule has 1 aromatic heterocycles. The van der Waals surface area contributed by atoms with Crippen molar-refractivity contribution in [1.82, 2.24) is 10.2 Å². The van der Waals surface area contributed by atoms with Crippen LogP contribution in [0.1, 0.15) is 46.8 Å². The van der Waals surface area contributed by atoms with E-state index in [1.165, 1.54) is 28.7 Å². The molecule has 1 aliphatic heterocycles. The second kappa shape index (κ2) is 6.93. The van der Waals surface area contributed by atoms with Crippen LogP contribution in [0.15, 0.2) is 6.07 Å². The van der Waals surface area contributed by atoms with Crippen molar-refractivity contribution in [2.24, 2.45) is 5.92 Å². The Morgan fingerprint density at radius 3 is 2.96 bits per heavy atom. The van der Waals surface area contributed by atoms with Crippen LogP contribution in [-0.4, -0.2) is 42.0 Å². The van der Waals surface area contributed by atoms with Gasteiger partial charge in [0.25, 0.3) is 5.91 Å². The molecule has 24 heavy (non-hydrogen) atoms. The Morgan fingerprint density at radius 1 is 1.50 bits per heavy atom. The molecule has 1 aliphatic carbocycles. The average molecular weight is 350 g/mol. The van der Waals surface area contributed by atoms with Gasteiger partial charge in [0, 0.05) is 18.0 Å². The van der Waals surface area contributed by atoms with Crippen molar-refractivity contribution in [1.29, 1.82) is 0 Å². The third kappa shape index (κ3) is 3.31. The number of imide groups is 1. The van der Waals surface area contributed by atoms with Gasteiger partial charge in [-0.05, 0) is 43.7 Å². The van der Waals surface area contributed by atoms with Crippen molar-refractivity contribution in [2.75, 3.05) is 13.1 Å². The topological polar surface area (TPSA) is 75.7 Å². The quantitative estimate of drug-likeness (QED) is 0.846. The van der Waals surface area contributed by atoms with Crippen molar-refractivity contribution in [3.63, 3.8) is 0 Å². The van der Waals surface area contributed by atoms with Crippen molar-refractivity contribution in [2.45, 2.75) is 45.6 Å². The van der Waals surface area contributed by atoms with Gasteiger partial charge < -0.3 is 10.1 Å². The summed E-state index contributed by atoms with van der Waals surface area (Å²) in [4.78, 5) is 38.9. The molecule has 6 nitrogen and oxygen atoms in total. The van der Waals surface area contributed by atoms with Crippen molar-refractivity contribution in [3.05, 3.63) is 21.4 Å². The van der Waals surface area contributed by atoms with Crippen LogP contribution in [0.5, 0.6) is 0 Å². The van der Waals surface area contributed by atoms with Crippen LogP contribution in [-0.2, 0) is 22.4 Å². The smallest absolute Gasteiger partial charge is 0.349 e. The molecular formula is C17H22N2O4S. The minimum absolute atomic E-state index is 0.311. The maximum atomic E-state index is 12.3. The Hall–Kier alpha value is -1.89. The highest BCUT2D eigenvalue weighted by Gasteiger charge is 2.32. The van der Waals surface area contributed by atoms with Crippen molar-refractivity contribution in [3.8, 4) is 0 Å². The first-order valence-corrected chi connectivity index (χ1v) is 9.23. The summed E-state index contributed by atoms with van der Waals surface area (Å²) in [5.74, 6) is -0.279. The molecule has 0 bridgehead atoms. The molecule has 0 spiro atoms. The lowest BCUT2D eigenvalue weighted by Gasteiger charge is -2.19. The van der Waals surface area contributed by atoms with Crippen LogP contribution < -0.4 is 5.32 Å². The van der Waals surface area contributed by atoms with E-state index >= 15 is 0 Å². The molecule has 2 heterocycles.